The zero-order valence-electron chi connectivity index (χ0n) is 8.00. The van der Waals surface area contributed by atoms with Crippen molar-refractivity contribution in [3.8, 4) is 0 Å². The first kappa shape index (κ1) is 14.1. The predicted octanol–water partition coefficient (Wildman–Crippen LogP) is 0.517. The number of hydrogen-bond donors (Lipinski definition) is 4. The monoisotopic (exact) mass is 239 g/mol. The second-order valence-electron chi connectivity index (χ2n) is 3.19. The molecule has 0 aromatic rings. The van der Waals surface area contributed by atoms with Crippen molar-refractivity contribution in [2.24, 2.45) is 5.73 Å². The fourth-order valence-corrected chi connectivity index (χ4v) is 1.76. The van der Waals surface area contributed by atoms with Gasteiger partial charge in [-0.3, -0.25) is 9.36 Å². The van der Waals surface area contributed by atoms with Crippen LogP contribution in [0.5, 0.6) is 0 Å². The van der Waals surface area contributed by atoms with E-state index in [1.807, 2.05) is 0 Å². The van der Waals surface area contributed by atoms with Crippen LogP contribution in [0, 0.1) is 0 Å². The van der Waals surface area contributed by atoms with E-state index in [1.54, 1.807) is 0 Å². The number of nitrogens with two attached hydrogens (primary N) is 1. The molecule has 0 aliphatic rings. The van der Waals surface area contributed by atoms with Gasteiger partial charge in [-0.2, -0.15) is 0 Å². The minimum atomic E-state index is -4.18. The SMILES string of the molecule is NC(CCC(=O)O)CCP(=O)(O)C(=O)O. The molecule has 0 saturated heterocycles. The number of carboxylic acid groups (broad SMARTS) is 2. The highest BCUT2D eigenvalue weighted by Crippen LogP contribution is 2.41. The van der Waals surface area contributed by atoms with E-state index in [-0.39, 0.29) is 19.3 Å². The van der Waals surface area contributed by atoms with Gasteiger partial charge in [0.15, 0.2) is 0 Å². The average molecular weight is 239 g/mol. The molecule has 0 aromatic carbocycles. The molecule has 0 spiro atoms. The van der Waals surface area contributed by atoms with Crippen LogP contribution in [-0.4, -0.2) is 39.0 Å². The van der Waals surface area contributed by atoms with Gasteiger partial charge in [-0.25, -0.2) is 4.79 Å². The van der Waals surface area contributed by atoms with E-state index in [0.29, 0.717) is 0 Å². The summed E-state index contributed by atoms with van der Waals surface area (Å²) in [5.74, 6) is -1.00. The number of rotatable bonds is 7. The van der Waals surface area contributed by atoms with Gasteiger partial charge in [0.2, 0.25) is 0 Å². The smallest absolute Gasteiger partial charge is 0.388 e. The summed E-state index contributed by atoms with van der Waals surface area (Å²) in [5, 5.41) is 16.6. The van der Waals surface area contributed by atoms with Gasteiger partial charge in [0.05, 0.1) is 0 Å². The summed E-state index contributed by atoms with van der Waals surface area (Å²) < 4.78 is 10.9. The first-order chi connectivity index (χ1) is 6.75. The highest BCUT2D eigenvalue weighted by Gasteiger charge is 2.28. The van der Waals surface area contributed by atoms with Gasteiger partial charge in [0.25, 0.3) is 0 Å². The first-order valence-electron chi connectivity index (χ1n) is 4.28. The molecule has 0 saturated carbocycles. The Bertz CT molecular complexity index is 291. The molecule has 5 N–H and O–H groups in total. The van der Waals surface area contributed by atoms with Crippen LogP contribution < -0.4 is 5.73 Å². The van der Waals surface area contributed by atoms with E-state index in [4.69, 9.17) is 20.8 Å². The zero-order chi connectivity index (χ0) is 12.1. The predicted molar refractivity (Wildman–Crippen MR) is 52.2 cm³/mol. The van der Waals surface area contributed by atoms with Crippen molar-refractivity contribution in [3.05, 3.63) is 0 Å². The molecule has 0 heterocycles. The molecule has 0 amide bonds. The van der Waals surface area contributed by atoms with Crippen LogP contribution in [0.1, 0.15) is 19.3 Å². The van der Waals surface area contributed by atoms with Crippen LogP contribution in [0.15, 0.2) is 0 Å². The van der Waals surface area contributed by atoms with E-state index in [9.17, 15) is 14.2 Å². The molecule has 88 valence electrons. The molecule has 0 rings (SSSR count). The molecule has 0 bridgehead atoms. The van der Waals surface area contributed by atoms with Gasteiger partial charge in [-0.1, -0.05) is 0 Å². The van der Waals surface area contributed by atoms with Crippen molar-refractivity contribution in [2.45, 2.75) is 25.3 Å². The molecule has 8 heteroatoms. The van der Waals surface area contributed by atoms with Crippen molar-refractivity contribution in [1.29, 1.82) is 0 Å². The Morgan fingerprint density at radius 1 is 1.27 bits per heavy atom. The molecule has 2 unspecified atom stereocenters. The lowest BCUT2D eigenvalue weighted by Gasteiger charge is -2.11. The lowest BCUT2D eigenvalue weighted by molar-refractivity contribution is -0.137. The summed E-state index contributed by atoms with van der Waals surface area (Å²) in [6, 6.07) is -0.569. The molecular formula is C7H14NO6P. The molecule has 0 aliphatic heterocycles. The van der Waals surface area contributed by atoms with Crippen LogP contribution in [-0.2, 0) is 9.36 Å². The summed E-state index contributed by atoms with van der Waals surface area (Å²) in [5.41, 5.74) is 3.70. The molecule has 0 radical (unpaired) electrons. The van der Waals surface area contributed by atoms with E-state index in [1.165, 1.54) is 0 Å². The first-order valence-corrected chi connectivity index (χ1v) is 6.13. The highest BCUT2D eigenvalue weighted by molar-refractivity contribution is 7.74. The second kappa shape index (κ2) is 5.85. The van der Waals surface area contributed by atoms with E-state index in [2.05, 4.69) is 0 Å². The normalized spacial score (nSPS) is 16.7. The van der Waals surface area contributed by atoms with Crippen molar-refractivity contribution in [1.82, 2.24) is 0 Å². The Labute approximate surface area is 86.4 Å². The van der Waals surface area contributed by atoms with Gasteiger partial charge >= 0.3 is 19.0 Å². The second-order valence-corrected chi connectivity index (χ2v) is 5.42. The van der Waals surface area contributed by atoms with Crippen LogP contribution >= 0.6 is 7.37 Å². The van der Waals surface area contributed by atoms with Crippen molar-refractivity contribution < 1.29 is 29.3 Å². The Balaban J connectivity index is 3.90. The fourth-order valence-electron chi connectivity index (χ4n) is 0.890. The standard InChI is InChI=1S/C7H14NO6P/c8-5(1-2-6(9)10)3-4-15(13,14)7(11)12/h5H,1-4,8H2,(H,9,10)(H,11,12)(H,13,14). The summed E-state index contributed by atoms with van der Waals surface area (Å²) in [6.07, 6.45) is -0.380. The summed E-state index contributed by atoms with van der Waals surface area (Å²) in [7, 11) is -4.18. The van der Waals surface area contributed by atoms with E-state index >= 15 is 0 Å². The summed E-state index contributed by atoms with van der Waals surface area (Å²) in [6.45, 7) is 0. The van der Waals surface area contributed by atoms with Crippen LogP contribution in [0.3, 0.4) is 0 Å². The quantitative estimate of drug-likeness (QED) is 0.475. The molecule has 15 heavy (non-hydrogen) atoms. The molecule has 0 aliphatic carbocycles. The van der Waals surface area contributed by atoms with Gasteiger partial charge < -0.3 is 20.8 Å². The van der Waals surface area contributed by atoms with E-state index < -0.39 is 31.3 Å². The third-order valence-electron chi connectivity index (χ3n) is 1.83. The number of hydrogen-bond acceptors (Lipinski definition) is 4. The topological polar surface area (TPSA) is 138 Å². The minimum Gasteiger partial charge on any atom is -0.481 e. The fraction of sp³-hybridized carbons (Fsp3) is 0.714. The third-order valence-corrected chi connectivity index (χ3v) is 3.29. The van der Waals surface area contributed by atoms with Crippen molar-refractivity contribution in [3.63, 3.8) is 0 Å². The largest absolute Gasteiger partial charge is 0.481 e. The van der Waals surface area contributed by atoms with Crippen LogP contribution in [0.2, 0.25) is 0 Å². The van der Waals surface area contributed by atoms with E-state index in [0.717, 1.165) is 0 Å². The van der Waals surface area contributed by atoms with Crippen LogP contribution in [0.25, 0.3) is 0 Å². The maximum absolute atomic E-state index is 10.9. The third kappa shape index (κ3) is 6.22. The van der Waals surface area contributed by atoms with Crippen molar-refractivity contribution in [2.75, 3.05) is 6.16 Å². The van der Waals surface area contributed by atoms with Gasteiger partial charge in [0, 0.05) is 18.6 Å². The molecular weight excluding hydrogens is 225 g/mol. The van der Waals surface area contributed by atoms with Gasteiger partial charge in [-0.05, 0) is 12.8 Å². The number of aliphatic carboxylic acids is 1. The van der Waals surface area contributed by atoms with Gasteiger partial charge in [0.1, 0.15) is 0 Å². The maximum Gasteiger partial charge on any atom is 0.388 e. The molecule has 2 atom stereocenters. The number of carboxylic acids is 1. The Hall–Kier alpha value is -0.910. The Morgan fingerprint density at radius 3 is 2.20 bits per heavy atom. The van der Waals surface area contributed by atoms with Gasteiger partial charge in [-0.15, -0.1) is 0 Å². The lowest BCUT2D eigenvalue weighted by atomic mass is 10.1. The highest BCUT2D eigenvalue weighted by atomic mass is 31.2. The lowest BCUT2D eigenvalue weighted by Crippen LogP contribution is -2.22. The average Bonchev–Trinajstić information content (AvgIpc) is 2.11. The molecule has 0 fully saturated rings. The van der Waals surface area contributed by atoms with Crippen LogP contribution in [0.4, 0.5) is 4.79 Å². The summed E-state index contributed by atoms with van der Waals surface area (Å²) >= 11 is 0. The zero-order valence-corrected chi connectivity index (χ0v) is 8.89. The maximum atomic E-state index is 10.9. The number of carbonyl (C=O) groups is 2. The molecule has 7 nitrogen and oxygen atoms in total. The summed E-state index contributed by atoms with van der Waals surface area (Å²) in [4.78, 5) is 29.3. The Kier molecular flexibility index (Phi) is 5.49. The Morgan fingerprint density at radius 2 is 1.80 bits per heavy atom. The minimum absolute atomic E-state index is 0.0212. The van der Waals surface area contributed by atoms with Crippen molar-refractivity contribution >= 4 is 19.0 Å². The molecule has 0 aromatic heterocycles.